The van der Waals surface area contributed by atoms with Gasteiger partial charge in [0, 0.05) is 12.2 Å². The highest BCUT2D eigenvalue weighted by molar-refractivity contribution is 6.07. The number of esters is 1. The molecule has 1 amide bonds. The van der Waals surface area contributed by atoms with Crippen molar-refractivity contribution in [1.82, 2.24) is 9.97 Å². The van der Waals surface area contributed by atoms with Crippen LogP contribution in [0.4, 0.5) is 11.6 Å². The minimum Gasteiger partial charge on any atom is -0.465 e. The van der Waals surface area contributed by atoms with Gasteiger partial charge < -0.3 is 15.4 Å². The zero-order valence-corrected chi connectivity index (χ0v) is 16.5. The van der Waals surface area contributed by atoms with E-state index in [2.05, 4.69) is 20.6 Å². The lowest BCUT2D eigenvalue weighted by molar-refractivity contribution is 0.0602. The highest BCUT2D eigenvalue weighted by Crippen LogP contribution is 2.18. The Bertz CT molecular complexity index is 1050. The van der Waals surface area contributed by atoms with Gasteiger partial charge in [-0.05, 0) is 43.2 Å². The van der Waals surface area contributed by atoms with Crippen LogP contribution in [0.5, 0.6) is 0 Å². The third-order valence-electron chi connectivity index (χ3n) is 4.37. The Morgan fingerprint density at radius 2 is 1.72 bits per heavy atom. The van der Waals surface area contributed by atoms with Crippen molar-refractivity contribution >= 4 is 23.5 Å². The Kier molecular flexibility index (Phi) is 6.19. The molecule has 0 unspecified atom stereocenters. The fourth-order valence-electron chi connectivity index (χ4n) is 2.81. The van der Waals surface area contributed by atoms with Crippen molar-refractivity contribution in [2.75, 3.05) is 17.7 Å². The van der Waals surface area contributed by atoms with Gasteiger partial charge in [0.05, 0.1) is 18.4 Å². The lowest BCUT2D eigenvalue weighted by Crippen LogP contribution is -2.18. The van der Waals surface area contributed by atoms with E-state index < -0.39 is 11.9 Å². The first-order chi connectivity index (χ1) is 14.0. The first kappa shape index (κ1) is 20.0. The Labute approximate surface area is 169 Å². The van der Waals surface area contributed by atoms with Crippen LogP contribution in [0.25, 0.3) is 0 Å². The van der Waals surface area contributed by atoms with Crippen molar-refractivity contribution < 1.29 is 14.3 Å². The van der Waals surface area contributed by atoms with Gasteiger partial charge >= 0.3 is 5.97 Å². The minimum absolute atomic E-state index is 0.199. The van der Waals surface area contributed by atoms with Crippen molar-refractivity contribution in [3.8, 4) is 0 Å². The molecule has 0 spiro atoms. The number of ether oxygens (including phenoxy) is 1. The summed E-state index contributed by atoms with van der Waals surface area (Å²) in [7, 11) is 1.29. The lowest BCUT2D eigenvalue weighted by Gasteiger charge is -2.11. The molecule has 1 heterocycles. The van der Waals surface area contributed by atoms with Crippen molar-refractivity contribution in [2.24, 2.45) is 0 Å². The largest absolute Gasteiger partial charge is 0.465 e. The lowest BCUT2D eigenvalue weighted by atomic mass is 10.1. The van der Waals surface area contributed by atoms with E-state index in [1.807, 2.05) is 31.2 Å². The minimum atomic E-state index is -0.527. The van der Waals surface area contributed by atoms with E-state index in [4.69, 9.17) is 4.74 Å². The number of hydrogen-bond donors (Lipinski definition) is 2. The number of hydrogen-bond acceptors (Lipinski definition) is 6. The molecule has 3 rings (SSSR count). The van der Waals surface area contributed by atoms with Gasteiger partial charge in [-0.1, -0.05) is 36.4 Å². The molecule has 0 saturated heterocycles. The third kappa shape index (κ3) is 4.95. The maximum Gasteiger partial charge on any atom is 0.339 e. The zero-order chi connectivity index (χ0) is 20.8. The molecule has 0 atom stereocenters. The third-order valence-corrected chi connectivity index (χ3v) is 4.37. The van der Waals surface area contributed by atoms with E-state index >= 15 is 0 Å². The van der Waals surface area contributed by atoms with Crippen LogP contribution in [0.1, 0.15) is 37.7 Å². The summed E-state index contributed by atoms with van der Waals surface area (Å²) in [5.74, 6) is -0.606. The van der Waals surface area contributed by atoms with Gasteiger partial charge in [0.25, 0.3) is 5.91 Å². The van der Waals surface area contributed by atoms with Gasteiger partial charge in [0.2, 0.25) is 5.95 Å². The van der Waals surface area contributed by atoms with Gasteiger partial charge in [-0.25, -0.2) is 14.8 Å². The van der Waals surface area contributed by atoms with Gasteiger partial charge in [-0.3, -0.25) is 4.79 Å². The summed E-state index contributed by atoms with van der Waals surface area (Å²) < 4.78 is 4.76. The molecule has 7 heteroatoms. The van der Waals surface area contributed by atoms with Crippen LogP contribution < -0.4 is 10.6 Å². The summed E-state index contributed by atoms with van der Waals surface area (Å²) in [6.45, 7) is 4.37. The predicted octanol–water partition coefficient (Wildman–Crippen LogP) is 3.74. The number of aryl methyl sites for hydroxylation is 2. The van der Waals surface area contributed by atoms with Crippen LogP contribution in [-0.2, 0) is 11.3 Å². The van der Waals surface area contributed by atoms with Crippen molar-refractivity contribution in [2.45, 2.75) is 20.4 Å². The molecule has 0 saturated carbocycles. The number of benzene rings is 2. The number of anilines is 2. The quantitative estimate of drug-likeness (QED) is 0.623. The van der Waals surface area contributed by atoms with Crippen LogP contribution in [0.3, 0.4) is 0 Å². The normalized spacial score (nSPS) is 10.3. The van der Waals surface area contributed by atoms with Crippen LogP contribution >= 0.6 is 0 Å². The van der Waals surface area contributed by atoms with E-state index in [-0.39, 0.29) is 11.3 Å². The Morgan fingerprint density at radius 3 is 2.48 bits per heavy atom. The SMILES string of the molecule is COC(=O)c1ccccc1NC(=O)c1cc(C)nc(NCc2ccccc2C)n1. The number of carbonyl (C=O) groups excluding carboxylic acids is 2. The maximum atomic E-state index is 12.7. The molecule has 3 aromatic rings. The standard InChI is InChI=1S/C22H22N4O3/c1-14-8-4-5-9-16(14)13-23-22-24-15(2)12-19(26-22)20(27)25-18-11-7-6-10-17(18)21(28)29-3/h4-12H,13H2,1-3H3,(H,25,27)(H,23,24,26). The van der Waals surface area contributed by atoms with Gasteiger partial charge in [0.15, 0.2) is 0 Å². The molecular weight excluding hydrogens is 368 g/mol. The number of nitrogens with zero attached hydrogens (tertiary/aromatic N) is 2. The monoisotopic (exact) mass is 390 g/mol. The fourth-order valence-corrected chi connectivity index (χ4v) is 2.81. The average Bonchev–Trinajstić information content (AvgIpc) is 2.72. The summed E-state index contributed by atoms with van der Waals surface area (Å²) >= 11 is 0. The number of methoxy groups -OCH3 is 1. The number of rotatable bonds is 6. The number of para-hydroxylation sites is 1. The van der Waals surface area contributed by atoms with Crippen LogP contribution in [0.2, 0.25) is 0 Å². The van der Waals surface area contributed by atoms with E-state index in [0.29, 0.717) is 23.9 Å². The topological polar surface area (TPSA) is 93.2 Å². The molecular formula is C22H22N4O3. The first-order valence-corrected chi connectivity index (χ1v) is 9.10. The van der Waals surface area contributed by atoms with Crippen LogP contribution in [0, 0.1) is 13.8 Å². The van der Waals surface area contributed by atoms with Crippen molar-refractivity contribution in [3.05, 3.63) is 82.7 Å². The number of nitrogens with one attached hydrogen (secondary N) is 2. The maximum absolute atomic E-state index is 12.7. The molecule has 2 N–H and O–H groups in total. The summed E-state index contributed by atoms with van der Waals surface area (Å²) in [6, 6.07) is 16.2. The second-order valence-corrected chi connectivity index (χ2v) is 6.49. The molecule has 0 aliphatic heterocycles. The molecule has 0 radical (unpaired) electrons. The van der Waals surface area contributed by atoms with Crippen molar-refractivity contribution in [1.29, 1.82) is 0 Å². The predicted molar refractivity (Wildman–Crippen MR) is 111 cm³/mol. The molecule has 148 valence electrons. The molecule has 1 aromatic heterocycles. The second kappa shape index (κ2) is 8.97. The van der Waals surface area contributed by atoms with Crippen LogP contribution in [0.15, 0.2) is 54.6 Å². The van der Waals surface area contributed by atoms with E-state index in [9.17, 15) is 9.59 Å². The van der Waals surface area contributed by atoms with Gasteiger partial charge in [0.1, 0.15) is 5.69 Å². The Morgan fingerprint density at radius 1 is 1.00 bits per heavy atom. The average molecular weight is 390 g/mol. The summed E-state index contributed by atoms with van der Waals surface area (Å²) in [6.07, 6.45) is 0. The summed E-state index contributed by atoms with van der Waals surface area (Å²) in [5, 5.41) is 5.89. The number of amides is 1. The molecule has 0 aliphatic carbocycles. The molecule has 7 nitrogen and oxygen atoms in total. The smallest absolute Gasteiger partial charge is 0.339 e. The van der Waals surface area contributed by atoms with E-state index in [1.54, 1.807) is 37.3 Å². The second-order valence-electron chi connectivity index (χ2n) is 6.49. The first-order valence-electron chi connectivity index (χ1n) is 9.10. The van der Waals surface area contributed by atoms with E-state index in [0.717, 1.165) is 11.1 Å². The summed E-state index contributed by atoms with van der Waals surface area (Å²) in [4.78, 5) is 33.3. The Hall–Kier alpha value is -3.74. The molecule has 0 fully saturated rings. The van der Waals surface area contributed by atoms with Gasteiger partial charge in [-0.2, -0.15) is 0 Å². The molecule has 0 aliphatic rings. The fraction of sp³-hybridized carbons (Fsp3) is 0.182. The summed E-state index contributed by atoms with van der Waals surface area (Å²) in [5.41, 5.74) is 3.76. The number of carbonyl (C=O) groups is 2. The zero-order valence-electron chi connectivity index (χ0n) is 16.5. The number of aromatic nitrogens is 2. The highest BCUT2D eigenvalue weighted by Gasteiger charge is 2.16. The Balaban J connectivity index is 1.78. The molecule has 0 bridgehead atoms. The molecule has 2 aromatic carbocycles. The highest BCUT2D eigenvalue weighted by atomic mass is 16.5. The van der Waals surface area contributed by atoms with Crippen molar-refractivity contribution in [3.63, 3.8) is 0 Å². The molecule has 29 heavy (non-hydrogen) atoms. The van der Waals surface area contributed by atoms with Gasteiger partial charge in [-0.15, -0.1) is 0 Å². The van der Waals surface area contributed by atoms with E-state index in [1.165, 1.54) is 7.11 Å². The van der Waals surface area contributed by atoms with Crippen LogP contribution in [-0.4, -0.2) is 29.0 Å².